The summed E-state index contributed by atoms with van der Waals surface area (Å²) in [6.07, 6.45) is 1.38. The molecule has 1 N–H and O–H groups in total. The maximum Gasteiger partial charge on any atom is 0.333 e. The maximum absolute atomic E-state index is 11.2. The number of aliphatic carboxylic acids is 1. The Labute approximate surface area is 196 Å². The van der Waals surface area contributed by atoms with Gasteiger partial charge in [0.1, 0.15) is 23.9 Å². The van der Waals surface area contributed by atoms with Crippen LogP contribution in [-0.4, -0.2) is 43.6 Å². The van der Waals surface area contributed by atoms with Crippen molar-refractivity contribution in [3.63, 3.8) is 0 Å². The lowest BCUT2D eigenvalue weighted by Gasteiger charge is -2.12. The number of allylic oxidation sites excluding steroid dienone is 1. The lowest BCUT2D eigenvalue weighted by Crippen LogP contribution is -2.26. The van der Waals surface area contributed by atoms with E-state index in [1.165, 1.54) is 0 Å². The zero-order chi connectivity index (χ0) is 24.1. The van der Waals surface area contributed by atoms with Gasteiger partial charge in [0.2, 0.25) is 0 Å². The van der Waals surface area contributed by atoms with E-state index in [-0.39, 0.29) is 0 Å². The number of rotatable bonds is 12. The molecule has 0 radical (unpaired) electrons. The molecule has 0 aliphatic rings. The molecule has 0 saturated heterocycles. The van der Waals surface area contributed by atoms with E-state index in [0.717, 1.165) is 28.2 Å². The summed E-state index contributed by atoms with van der Waals surface area (Å²) in [6.45, 7) is 9.47. The summed E-state index contributed by atoms with van der Waals surface area (Å²) in [7, 11) is 0. The van der Waals surface area contributed by atoms with E-state index in [4.69, 9.17) is 18.9 Å². The van der Waals surface area contributed by atoms with Crippen LogP contribution in [0.4, 0.5) is 0 Å². The van der Waals surface area contributed by atoms with E-state index in [1.54, 1.807) is 6.92 Å². The van der Waals surface area contributed by atoms with Crippen LogP contribution in [0.1, 0.15) is 38.8 Å². The molecule has 2 aromatic rings. The van der Waals surface area contributed by atoms with E-state index in [2.05, 4.69) is 11.8 Å². The molecule has 0 aromatic heterocycles. The van der Waals surface area contributed by atoms with Crippen LogP contribution in [0.3, 0.4) is 0 Å². The molecule has 0 heterocycles. The monoisotopic (exact) mass is 452 g/mol. The molecular formula is C27H32O6. The third-order valence-corrected chi connectivity index (χ3v) is 4.53. The molecule has 6 heteroatoms. The summed E-state index contributed by atoms with van der Waals surface area (Å²) < 4.78 is 22.2. The highest BCUT2D eigenvalue weighted by Crippen LogP contribution is 2.23. The lowest BCUT2D eigenvalue weighted by molar-refractivity contribution is -0.149. The Morgan fingerprint density at radius 1 is 0.939 bits per heavy atom. The number of hydrogen-bond acceptors (Lipinski definition) is 5. The summed E-state index contributed by atoms with van der Waals surface area (Å²) in [4.78, 5) is 11.2. The number of benzene rings is 2. The molecule has 0 unspecified atom stereocenters. The van der Waals surface area contributed by atoms with Crippen molar-refractivity contribution in [2.24, 2.45) is 0 Å². The van der Waals surface area contributed by atoms with Crippen molar-refractivity contribution in [3.05, 3.63) is 65.2 Å². The zero-order valence-corrected chi connectivity index (χ0v) is 19.7. The summed E-state index contributed by atoms with van der Waals surface area (Å²) in [5.74, 6) is 7.47. The smallest absolute Gasteiger partial charge is 0.333 e. The van der Waals surface area contributed by atoms with Crippen molar-refractivity contribution in [2.75, 3.05) is 26.4 Å². The summed E-state index contributed by atoms with van der Waals surface area (Å²) in [5.41, 5.74) is 2.58. The van der Waals surface area contributed by atoms with Crippen LogP contribution in [0.5, 0.6) is 17.2 Å². The molecular weight excluding hydrogens is 420 g/mol. The Kier molecular flexibility index (Phi) is 10.9. The van der Waals surface area contributed by atoms with Gasteiger partial charge < -0.3 is 24.1 Å². The summed E-state index contributed by atoms with van der Waals surface area (Å²) in [5, 5.41) is 9.20. The average molecular weight is 453 g/mol. The predicted octanol–water partition coefficient (Wildman–Crippen LogP) is 4.89. The van der Waals surface area contributed by atoms with Gasteiger partial charge >= 0.3 is 5.97 Å². The standard InChI is InChI=1S/C27H32O6/c1-5-30-24-16-22(17-25(19-24)31-6-2)9-8-20(4)14-15-33-23-12-10-21(11-13-23)18-26(27(28)29)32-7-3/h10-14,16-17,19,26H,5-7,15,18H2,1-4H3,(H,28,29)/b20-14-/t26-/m0/s1. The molecule has 0 spiro atoms. The van der Waals surface area contributed by atoms with Crippen molar-refractivity contribution in [1.29, 1.82) is 0 Å². The molecule has 0 bridgehead atoms. The van der Waals surface area contributed by atoms with Gasteiger partial charge in [-0.05, 0) is 69.2 Å². The van der Waals surface area contributed by atoms with E-state index >= 15 is 0 Å². The highest BCUT2D eigenvalue weighted by Gasteiger charge is 2.17. The Bertz CT molecular complexity index is 958. The second kappa shape index (κ2) is 13.9. The van der Waals surface area contributed by atoms with Crippen molar-refractivity contribution < 1.29 is 28.8 Å². The number of ether oxygens (including phenoxy) is 4. The first kappa shape index (κ1) is 25.8. The van der Waals surface area contributed by atoms with Gasteiger partial charge in [0, 0.05) is 24.7 Å². The maximum atomic E-state index is 11.2. The highest BCUT2D eigenvalue weighted by atomic mass is 16.5. The Morgan fingerprint density at radius 3 is 2.12 bits per heavy atom. The SMILES string of the molecule is CCOc1cc(C#C/C(C)=C\COc2ccc(C[C@H](OCC)C(=O)O)cc2)cc(OCC)c1. The van der Waals surface area contributed by atoms with Crippen LogP contribution in [0.2, 0.25) is 0 Å². The molecule has 0 amide bonds. The number of carboxylic acids is 1. The third kappa shape index (κ3) is 9.30. The molecule has 0 aliphatic heterocycles. The average Bonchev–Trinajstić information content (AvgIpc) is 2.79. The van der Waals surface area contributed by atoms with E-state index in [0.29, 0.717) is 38.6 Å². The van der Waals surface area contributed by atoms with Gasteiger partial charge in [0.15, 0.2) is 6.10 Å². The fraction of sp³-hybridized carbons (Fsp3) is 0.370. The van der Waals surface area contributed by atoms with Gasteiger partial charge in [-0.25, -0.2) is 4.79 Å². The van der Waals surface area contributed by atoms with Crippen molar-refractivity contribution in [1.82, 2.24) is 0 Å². The van der Waals surface area contributed by atoms with Crippen LogP contribution in [0.15, 0.2) is 54.1 Å². The molecule has 0 aliphatic carbocycles. The van der Waals surface area contributed by atoms with Gasteiger partial charge in [-0.3, -0.25) is 0 Å². The van der Waals surface area contributed by atoms with Gasteiger partial charge in [0.05, 0.1) is 13.2 Å². The minimum atomic E-state index is -0.961. The topological polar surface area (TPSA) is 74.2 Å². The van der Waals surface area contributed by atoms with E-state index in [1.807, 2.05) is 69.3 Å². The van der Waals surface area contributed by atoms with Crippen molar-refractivity contribution in [2.45, 2.75) is 40.2 Å². The largest absolute Gasteiger partial charge is 0.494 e. The Morgan fingerprint density at radius 2 is 1.58 bits per heavy atom. The second-order valence-electron chi connectivity index (χ2n) is 7.14. The lowest BCUT2D eigenvalue weighted by atomic mass is 10.1. The van der Waals surface area contributed by atoms with Crippen LogP contribution in [0.25, 0.3) is 0 Å². The first-order chi connectivity index (χ1) is 15.9. The first-order valence-electron chi connectivity index (χ1n) is 11.1. The summed E-state index contributed by atoms with van der Waals surface area (Å²) >= 11 is 0. The predicted molar refractivity (Wildman–Crippen MR) is 128 cm³/mol. The normalized spacial score (nSPS) is 11.8. The first-order valence-corrected chi connectivity index (χ1v) is 11.1. The van der Waals surface area contributed by atoms with Gasteiger partial charge in [-0.2, -0.15) is 0 Å². The van der Waals surface area contributed by atoms with Crippen LogP contribution < -0.4 is 14.2 Å². The van der Waals surface area contributed by atoms with Crippen molar-refractivity contribution >= 4 is 5.97 Å². The van der Waals surface area contributed by atoms with Gasteiger partial charge in [-0.1, -0.05) is 24.0 Å². The quantitative estimate of drug-likeness (QED) is 0.462. The zero-order valence-electron chi connectivity index (χ0n) is 19.7. The fourth-order valence-electron chi connectivity index (χ4n) is 2.98. The molecule has 6 nitrogen and oxygen atoms in total. The van der Waals surface area contributed by atoms with Crippen LogP contribution in [-0.2, 0) is 16.0 Å². The Hall–Kier alpha value is -3.43. The Balaban J connectivity index is 1.95. The summed E-state index contributed by atoms with van der Waals surface area (Å²) in [6, 6.07) is 13.0. The molecule has 33 heavy (non-hydrogen) atoms. The molecule has 176 valence electrons. The van der Waals surface area contributed by atoms with E-state index in [9.17, 15) is 9.90 Å². The number of carbonyl (C=O) groups is 1. The number of carboxylic acid groups (broad SMARTS) is 1. The minimum absolute atomic E-state index is 0.313. The minimum Gasteiger partial charge on any atom is -0.494 e. The van der Waals surface area contributed by atoms with Crippen molar-refractivity contribution in [3.8, 4) is 29.1 Å². The fourth-order valence-corrected chi connectivity index (χ4v) is 2.98. The third-order valence-electron chi connectivity index (χ3n) is 4.53. The molecule has 2 aromatic carbocycles. The van der Waals surface area contributed by atoms with Crippen LogP contribution in [0, 0.1) is 11.8 Å². The number of hydrogen-bond donors (Lipinski definition) is 1. The van der Waals surface area contributed by atoms with E-state index < -0.39 is 12.1 Å². The van der Waals surface area contributed by atoms with Gasteiger partial charge in [0.25, 0.3) is 0 Å². The van der Waals surface area contributed by atoms with Gasteiger partial charge in [-0.15, -0.1) is 0 Å². The second-order valence-corrected chi connectivity index (χ2v) is 7.14. The van der Waals surface area contributed by atoms with Crippen LogP contribution >= 0.6 is 0 Å². The molecule has 0 saturated carbocycles. The molecule has 0 fully saturated rings. The highest BCUT2D eigenvalue weighted by molar-refractivity contribution is 5.72. The molecule has 1 atom stereocenters. The molecule has 2 rings (SSSR count).